The Kier molecular flexibility index (Phi) is 20.7. The first-order valence-electron chi connectivity index (χ1n) is 23.8. The van der Waals surface area contributed by atoms with E-state index in [2.05, 4.69) is 48.9 Å². The molecule has 0 aromatic heterocycles. The lowest BCUT2D eigenvalue weighted by molar-refractivity contribution is 0.475. The second-order valence-corrected chi connectivity index (χ2v) is 21.1. The predicted molar refractivity (Wildman–Crippen MR) is 319 cm³/mol. The molecular weight excluding hydrogens is 1120 g/mol. The first-order valence-corrected chi connectivity index (χ1v) is 26.5. The van der Waals surface area contributed by atoms with Crippen molar-refractivity contribution in [2.75, 3.05) is 16.0 Å². The van der Waals surface area contributed by atoms with Crippen molar-refractivity contribution >= 4 is 98.3 Å². The highest BCUT2D eigenvalue weighted by atomic mass is 35.5. The standard InChI is InChI=1S/C23H23Cl2NO2.C19H14Cl3NO2.C19H15Cl2NO2/c1-23(2,3)16-7-9-18(10-8-16)28-19-6-4-5-15(11-19)14-26-17-12-20(24)22(27)21(25)13-17;20-13-4-6-15(7-5-13)25-16-3-1-2-12(8-16)11-23-14-9-17(21)19(24)18(22)10-14;20-17-10-14(11-18(21)19(17)23)22-12-13-5-4-8-16(9-13)24-15-6-2-1-3-7-15/h4-13,26-27H,14H2,1-3H3;1-10,23-24H,11H2;1-11,22-23H,12H2. The minimum atomic E-state index is -0.118. The van der Waals surface area contributed by atoms with Gasteiger partial charge < -0.3 is 45.5 Å². The molecule has 396 valence electrons. The summed E-state index contributed by atoms with van der Waals surface area (Å²) in [5, 5.41) is 40.4. The summed E-state index contributed by atoms with van der Waals surface area (Å²) < 4.78 is 17.6. The van der Waals surface area contributed by atoms with Crippen molar-refractivity contribution in [3.05, 3.63) is 245 Å². The number of ether oxygens (including phenoxy) is 3. The lowest BCUT2D eigenvalue weighted by Crippen LogP contribution is -2.10. The van der Waals surface area contributed by atoms with Crippen molar-refractivity contribution in [3.63, 3.8) is 0 Å². The van der Waals surface area contributed by atoms with E-state index in [-0.39, 0.29) is 52.8 Å². The number of phenols is 3. The van der Waals surface area contributed by atoms with E-state index in [1.165, 1.54) is 5.56 Å². The minimum Gasteiger partial charge on any atom is -0.505 e. The molecule has 0 fully saturated rings. The van der Waals surface area contributed by atoms with E-state index in [9.17, 15) is 15.3 Å². The second kappa shape index (κ2) is 27.5. The lowest BCUT2D eigenvalue weighted by Gasteiger charge is -2.19. The first-order chi connectivity index (χ1) is 36.8. The predicted octanol–water partition coefficient (Wildman–Crippen LogP) is 20.3. The van der Waals surface area contributed by atoms with Gasteiger partial charge in [-0.3, -0.25) is 0 Å². The Hall–Kier alpha value is -6.79. The highest BCUT2D eigenvalue weighted by molar-refractivity contribution is 6.38. The Bertz CT molecular complexity index is 3330. The average Bonchev–Trinajstić information content (AvgIpc) is 3.41. The molecule has 0 saturated carbocycles. The smallest absolute Gasteiger partial charge is 0.152 e. The van der Waals surface area contributed by atoms with Crippen LogP contribution in [0.5, 0.6) is 51.7 Å². The van der Waals surface area contributed by atoms with Crippen molar-refractivity contribution in [1.29, 1.82) is 0 Å². The van der Waals surface area contributed by atoms with E-state index < -0.39 is 0 Å². The second-order valence-electron chi connectivity index (χ2n) is 18.2. The van der Waals surface area contributed by atoms with Gasteiger partial charge in [0, 0.05) is 41.7 Å². The Labute approximate surface area is 483 Å². The van der Waals surface area contributed by atoms with Gasteiger partial charge in [-0.25, -0.2) is 0 Å². The Morgan fingerprint density at radius 1 is 0.338 bits per heavy atom. The molecule has 0 unspecified atom stereocenters. The van der Waals surface area contributed by atoms with Gasteiger partial charge in [0.25, 0.3) is 0 Å². The Balaban J connectivity index is 0.000000168. The number of nitrogens with one attached hydrogen (secondary N) is 3. The zero-order valence-corrected chi connectivity index (χ0v) is 47.0. The summed E-state index contributed by atoms with van der Waals surface area (Å²) in [4.78, 5) is 0. The zero-order valence-electron chi connectivity index (χ0n) is 41.7. The van der Waals surface area contributed by atoms with Gasteiger partial charge in [0.2, 0.25) is 0 Å². The lowest BCUT2D eigenvalue weighted by atomic mass is 9.87. The van der Waals surface area contributed by atoms with Crippen LogP contribution >= 0.6 is 81.2 Å². The zero-order chi connectivity index (χ0) is 55.1. The molecule has 0 aliphatic rings. The van der Waals surface area contributed by atoms with Crippen LogP contribution < -0.4 is 30.2 Å². The number of aromatic hydroxyl groups is 3. The van der Waals surface area contributed by atoms with Crippen LogP contribution in [0.25, 0.3) is 0 Å². The highest BCUT2D eigenvalue weighted by Gasteiger charge is 2.14. The molecule has 9 nitrogen and oxygen atoms in total. The van der Waals surface area contributed by atoms with Gasteiger partial charge in [0.1, 0.15) is 34.5 Å². The van der Waals surface area contributed by atoms with E-state index in [4.69, 9.17) is 95.4 Å². The molecule has 16 heteroatoms. The van der Waals surface area contributed by atoms with Crippen LogP contribution in [0, 0.1) is 0 Å². The van der Waals surface area contributed by atoms with Gasteiger partial charge in [-0.1, -0.05) is 169 Å². The number of anilines is 3. The van der Waals surface area contributed by atoms with Crippen molar-refractivity contribution in [3.8, 4) is 51.7 Å². The van der Waals surface area contributed by atoms with Crippen LogP contribution in [0.15, 0.2) is 188 Å². The maximum absolute atomic E-state index is 9.65. The summed E-state index contributed by atoms with van der Waals surface area (Å²) >= 11 is 41.5. The highest BCUT2D eigenvalue weighted by Crippen LogP contribution is 2.38. The molecule has 9 aromatic carbocycles. The van der Waals surface area contributed by atoms with Gasteiger partial charge in [-0.05, 0) is 149 Å². The molecule has 0 atom stereocenters. The van der Waals surface area contributed by atoms with Crippen LogP contribution in [0.4, 0.5) is 17.1 Å². The molecule has 0 saturated heterocycles. The number of phenolic OH excluding ortho intramolecular Hbond substituents is 3. The molecule has 0 spiro atoms. The monoisotopic (exact) mass is 1170 g/mol. The van der Waals surface area contributed by atoms with Crippen molar-refractivity contribution in [1.82, 2.24) is 0 Å². The van der Waals surface area contributed by atoms with Crippen LogP contribution in [-0.4, -0.2) is 15.3 Å². The summed E-state index contributed by atoms with van der Waals surface area (Å²) in [6.07, 6.45) is 0. The molecule has 6 N–H and O–H groups in total. The van der Waals surface area contributed by atoms with E-state index >= 15 is 0 Å². The Morgan fingerprint density at radius 3 is 0.935 bits per heavy atom. The fraction of sp³-hybridized carbons (Fsp3) is 0.115. The van der Waals surface area contributed by atoms with Gasteiger partial charge in [-0.2, -0.15) is 0 Å². The molecule has 0 aliphatic carbocycles. The van der Waals surface area contributed by atoms with Gasteiger partial charge >= 0.3 is 0 Å². The molecule has 9 aromatic rings. The van der Waals surface area contributed by atoms with Crippen molar-refractivity contribution in [2.45, 2.75) is 45.8 Å². The number of benzene rings is 9. The van der Waals surface area contributed by atoms with E-state index in [1.54, 1.807) is 48.5 Å². The van der Waals surface area contributed by atoms with Gasteiger partial charge in [0.05, 0.1) is 30.1 Å². The number of para-hydroxylation sites is 1. The van der Waals surface area contributed by atoms with Crippen LogP contribution in [0.3, 0.4) is 0 Å². The molecule has 0 radical (unpaired) electrons. The molecule has 0 aliphatic heterocycles. The third-order valence-corrected chi connectivity index (χ3v) is 13.2. The maximum Gasteiger partial charge on any atom is 0.152 e. The van der Waals surface area contributed by atoms with Crippen molar-refractivity contribution < 1.29 is 29.5 Å². The summed E-state index contributed by atoms with van der Waals surface area (Å²) in [6, 6.07) is 58.1. The van der Waals surface area contributed by atoms with Crippen LogP contribution in [0.2, 0.25) is 35.2 Å². The van der Waals surface area contributed by atoms with E-state index in [0.29, 0.717) is 30.4 Å². The molecule has 0 bridgehead atoms. The quantitative estimate of drug-likeness (QED) is 0.0557. The molecule has 77 heavy (non-hydrogen) atoms. The third kappa shape index (κ3) is 17.9. The fourth-order valence-corrected chi connectivity index (χ4v) is 8.78. The van der Waals surface area contributed by atoms with E-state index in [0.717, 1.165) is 62.5 Å². The molecule has 9 rings (SSSR count). The SMILES string of the molecule is CC(C)(C)c1ccc(Oc2cccc(CNc3cc(Cl)c(O)c(Cl)c3)c2)cc1.Oc1c(Cl)cc(NCc2cccc(Oc3ccc(Cl)cc3)c2)cc1Cl.Oc1c(Cl)cc(NCc2cccc(Oc3ccccc3)c2)cc1Cl. The van der Waals surface area contributed by atoms with Crippen molar-refractivity contribution in [2.24, 2.45) is 0 Å². The molecule has 0 amide bonds. The molecule has 0 heterocycles. The van der Waals surface area contributed by atoms with E-state index in [1.807, 2.05) is 127 Å². The number of halogens is 7. The number of hydrogen-bond donors (Lipinski definition) is 6. The van der Waals surface area contributed by atoms with Crippen LogP contribution in [0.1, 0.15) is 43.0 Å². The fourth-order valence-electron chi connectivity index (χ4n) is 7.19. The summed E-state index contributed by atoms with van der Waals surface area (Å²) in [5.74, 6) is 4.23. The summed E-state index contributed by atoms with van der Waals surface area (Å²) in [6.45, 7) is 8.26. The van der Waals surface area contributed by atoms with Gasteiger partial charge in [-0.15, -0.1) is 0 Å². The summed E-state index contributed by atoms with van der Waals surface area (Å²) in [5.41, 5.74) is 6.68. The minimum absolute atomic E-state index is 0.109. The first kappa shape index (κ1) is 57.9. The molecular formula is C61H52Cl7N3O6. The third-order valence-electron chi connectivity index (χ3n) is 11.2. The average molecular weight is 1170 g/mol. The number of rotatable bonds is 15. The van der Waals surface area contributed by atoms with Crippen LogP contribution in [-0.2, 0) is 25.0 Å². The number of hydrogen-bond acceptors (Lipinski definition) is 9. The summed E-state index contributed by atoms with van der Waals surface area (Å²) in [7, 11) is 0. The Morgan fingerprint density at radius 2 is 0.623 bits per heavy atom. The normalized spacial score (nSPS) is 10.8. The maximum atomic E-state index is 9.65. The topological polar surface area (TPSA) is 124 Å². The van der Waals surface area contributed by atoms with Gasteiger partial charge in [0.15, 0.2) is 17.2 Å². The largest absolute Gasteiger partial charge is 0.505 e.